The van der Waals surface area contributed by atoms with Gasteiger partial charge in [0.15, 0.2) is 0 Å². The van der Waals surface area contributed by atoms with E-state index in [2.05, 4.69) is 6.92 Å². The molecule has 0 nitrogen and oxygen atoms in total. The molecule has 0 bridgehead atoms. The van der Waals surface area contributed by atoms with Gasteiger partial charge in [0.1, 0.15) is 0 Å². The van der Waals surface area contributed by atoms with Crippen molar-refractivity contribution in [2.75, 3.05) is 0 Å². The fourth-order valence-electron chi connectivity index (χ4n) is 2.42. The Labute approximate surface area is 90.5 Å². The van der Waals surface area contributed by atoms with Crippen molar-refractivity contribution >= 4 is 0 Å². The number of rotatable bonds is 0. The molecule has 0 unspecified atom stereocenters. The molecule has 0 heterocycles. The summed E-state index contributed by atoms with van der Waals surface area (Å²) in [6, 6.07) is 0. The lowest BCUT2D eigenvalue weighted by Gasteiger charge is -2.09. The van der Waals surface area contributed by atoms with Crippen LogP contribution < -0.4 is 0 Å². The molecule has 0 heteroatoms. The highest BCUT2D eigenvalue weighted by atomic mass is 14.1. The van der Waals surface area contributed by atoms with Crippen LogP contribution in [0.25, 0.3) is 0 Å². The predicted octanol–water partition coefficient (Wildman–Crippen LogP) is 5.13. The van der Waals surface area contributed by atoms with Gasteiger partial charge in [0.25, 0.3) is 0 Å². The van der Waals surface area contributed by atoms with E-state index in [9.17, 15) is 0 Å². The van der Waals surface area contributed by atoms with Gasteiger partial charge in [0, 0.05) is 0 Å². The summed E-state index contributed by atoms with van der Waals surface area (Å²) in [4.78, 5) is 0. The van der Waals surface area contributed by atoms with E-state index >= 15 is 0 Å². The van der Waals surface area contributed by atoms with E-state index in [1.54, 1.807) is 0 Å². The summed E-state index contributed by atoms with van der Waals surface area (Å²) in [5, 5.41) is 0. The van der Waals surface area contributed by atoms with Gasteiger partial charge in [-0.15, -0.1) is 0 Å². The van der Waals surface area contributed by atoms with Crippen LogP contribution >= 0.6 is 0 Å². The molecular weight excluding hydrogens is 168 g/mol. The summed E-state index contributed by atoms with van der Waals surface area (Å²) >= 11 is 0. The first-order valence-electron chi connectivity index (χ1n) is 6.72. The highest BCUT2D eigenvalue weighted by molar-refractivity contribution is 4.62. The first-order valence-corrected chi connectivity index (χ1v) is 6.72. The molecule has 83 valence electrons. The zero-order valence-corrected chi connectivity index (χ0v) is 9.77. The monoisotopic (exact) mass is 195 g/mol. The molecular formula is C14H27. The molecule has 0 atom stereocenters. The predicted molar refractivity (Wildman–Crippen MR) is 64.3 cm³/mol. The van der Waals surface area contributed by atoms with Crippen LogP contribution in [-0.4, -0.2) is 0 Å². The quantitative estimate of drug-likeness (QED) is 0.502. The molecule has 1 fully saturated rings. The highest BCUT2D eigenvalue weighted by Crippen LogP contribution is 2.19. The SMILES string of the molecule is [CH2]C1CCCCCCCCCCCC1. The zero-order valence-electron chi connectivity index (χ0n) is 9.77. The van der Waals surface area contributed by atoms with E-state index in [1.807, 2.05) is 0 Å². The van der Waals surface area contributed by atoms with Crippen LogP contribution in [0.15, 0.2) is 0 Å². The molecule has 14 heavy (non-hydrogen) atoms. The zero-order chi connectivity index (χ0) is 10.1. The van der Waals surface area contributed by atoms with E-state index < -0.39 is 0 Å². The van der Waals surface area contributed by atoms with E-state index in [0.29, 0.717) is 0 Å². The maximum absolute atomic E-state index is 4.25. The fraction of sp³-hybridized carbons (Fsp3) is 0.929. The molecule has 1 rings (SSSR count). The van der Waals surface area contributed by atoms with E-state index in [1.165, 1.54) is 77.0 Å². The van der Waals surface area contributed by atoms with Crippen LogP contribution in [0, 0.1) is 12.8 Å². The highest BCUT2D eigenvalue weighted by Gasteiger charge is 2.03. The molecule has 0 spiro atoms. The lowest BCUT2D eigenvalue weighted by atomic mass is 9.97. The third kappa shape index (κ3) is 6.45. The second-order valence-electron chi connectivity index (χ2n) is 4.98. The maximum Gasteiger partial charge on any atom is -0.0414 e. The molecule has 0 N–H and O–H groups in total. The Morgan fingerprint density at radius 3 is 1.14 bits per heavy atom. The van der Waals surface area contributed by atoms with Crippen molar-refractivity contribution in [3.8, 4) is 0 Å². The smallest absolute Gasteiger partial charge is 0.0414 e. The lowest BCUT2D eigenvalue weighted by molar-refractivity contribution is 0.474. The second kappa shape index (κ2) is 8.32. The van der Waals surface area contributed by atoms with Gasteiger partial charge in [-0.1, -0.05) is 84.0 Å². The molecule has 1 aliphatic rings. The van der Waals surface area contributed by atoms with Gasteiger partial charge in [-0.2, -0.15) is 0 Å². The first-order chi connectivity index (χ1) is 6.89. The molecule has 1 saturated carbocycles. The van der Waals surface area contributed by atoms with Crippen molar-refractivity contribution in [3.63, 3.8) is 0 Å². The lowest BCUT2D eigenvalue weighted by Crippen LogP contribution is -1.95. The van der Waals surface area contributed by atoms with Crippen LogP contribution in [-0.2, 0) is 0 Å². The summed E-state index contributed by atoms with van der Waals surface area (Å²) in [7, 11) is 0. The molecule has 0 aromatic carbocycles. The molecule has 0 aliphatic heterocycles. The first kappa shape index (κ1) is 12.1. The third-order valence-electron chi connectivity index (χ3n) is 3.47. The minimum Gasteiger partial charge on any atom is -0.0533 e. The molecule has 0 aromatic heterocycles. The van der Waals surface area contributed by atoms with E-state index in [0.717, 1.165) is 5.92 Å². The van der Waals surface area contributed by atoms with Gasteiger partial charge in [-0.3, -0.25) is 0 Å². The van der Waals surface area contributed by atoms with Crippen molar-refractivity contribution in [2.45, 2.75) is 77.0 Å². The van der Waals surface area contributed by atoms with E-state index in [-0.39, 0.29) is 0 Å². The Kier molecular flexibility index (Phi) is 7.17. The van der Waals surface area contributed by atoms with E-state index in [4.69, 9.17) is 0 Å². The van der Waals surface area contributed by atoms with Crippen LogP contribution in [0.4, 0.5) is 0 Å². The topological polar surface area (TPSA) is 0 Å². The Morgan fingerprint density at radius 1 is 0.500 bits per heavy atom. The molecule has 0 amide bonds. The summed E-state index contributed by atoms with van der Waals surface area (Å²) in [6.07, 6.45) is 17.3. The summed E-state index contributed by atoms with van der Waals surface area (Å²) in [6.45, 7) is 4.25. The van der Waals surface area contributed by atoms with Gasteiger partial charge in [0.2, 0.25) is 0 Å². The van der Waals surface area contributed by atoms with Gasteiger partial charge in [0.05, 0.1) is 0 Å². The van der Waals surface area contributed by atoms with Gasteiger partial charge in [-0.25, -0.2) is 0 Å². The Bertz CT molecular complexity index is 103. The van der Waals surface area contributed by atoms with Gasteiger partial charge in [-0.05, 0) is 5.92 Å². The summed E-state index contributed by atoms with van der Waals surface area (Å²) in [5.74, 6) is 0.746. The minimum absolute atomic E-state index is 0.746. The van der Waals surface area contributed by atoms with Crippen molar-refractivity contribution in [1.29, 1.82) is 0 Å². The normalized spacial score (nSPS) is 24.6. The number of hydrogen-bond donors (Lipinski definition) is 0. The number of hydrogen-bond acceptors (Lipinski definition) is 0. The van der Waals surface area contributed by atoms with Crippen molar-refractivity contribution < 1.29 is 0 Å². The van der Waals surface area contributed by atoms with Crippen LogP contribution in [0.5, 0.6) is 0 Å². The van der Waals surface area contributed by atoms with Gasteiger partial charge < -0.3 is 0 Å². The third-order valence-corrected chi connectivity index (χ3v) is 3.47. The van der Waals surface area contributed by atoms with Crippen LogP contribution in [0.3, 0.4) is 0 Å². The molecule has 1 radical (unpaired) electrons. The summed E-state index contributed by atoms with van der Waals surface area (Å²) in [5.41, 5.74) is 0. The van der Waals surface area contributed by atoms with Crippen LogP contribution in [0.2, 0.25) is 0 Å². The Morgan fingerprint density at radius 2 is 0.786 bits per heavy atom. The summed E-state index contributed by atoms with van der Waals surface area (Å²) < 4.78 is 0. The largest absolute Gasteiger partial charge is 0.0533 e. The molecule has 0 aromatic rings. The van der Waals surface area contributed by atoms with Crippen molar-refractivity contribution in [1.82, 2.24) is 0 Å². The molecule has 1 aliphatic carbocycles. The second-order valence-corrected chi connectivity index (χ2v) is 4.98. The van der Waals surface area contributed by atoms with Gasteiger partial charge >= 0.3 is 0 Å². The Hall–Kier alpha value is 0. The van der Waals surface area contributed by atoms with Crippen molar-refractivity contribution in [2.24, 2.45) is 5.92 Å². The Balaban J connectivity index is 2.12. The average molecular weight is 195 g/mol. The van der Waals surface area contributed by atoms with Crippen LogP contribution in [0.1, 0.15) is 77.0 Å². The minimum atomic E-state index is 0.746. The fourth-order valence-corrected chi connectivity index (χ4v) is 2.42. The van der Waals surface area contributed by atoms with Crippen molar-refractivity contribution in [3.05, 3.63) is 6.92 Å². The molecule has 0 saturated heterocycles. The standard InChI is InChI=1S/C14H27/c1-14-12-10-8-6-4-2-3-5-7-9-11-13-14/h14H,1-13H2. The maximum atomic E-state index is 4.25. The average Bonchev–Trinajstić information content (AvgIpc) is 2.20.